The first-order chi connectivity index (χ1) is 3.80. The quantitative estimate of drug-likeness (QED) is 0.457. The number of rotatable bonds is 0. The molecular weight excluding hydrogens is 118 g/mol. The molecule has 0 amide bonds. The Labute approximate surface area is 54.4 Å². The number of hydrogen-bond donors (Lipinski definition) is 0. The molecule has 0 aliphatic heterocycles. The van der Waals surface area contributed by atoms with Crippen LogP contribution in [0.2, 0.25) is 0 Å². The molecule has 0 aliphatic rings. The van der Waals surface area contributed by atoms with Crippen LogP contribution in [-0.2, 0) is 7.05 Å². The van der Waals surface area contributed by atoms with Gasteiger partial charge in [0, 0.05) is 12.1 Å². The topological polar surface area (TPSA) is 3.88 Å². The first-order valence-electron chi connectivity index (χ1n) is 2.42. The highest BCUT2D eigenvalue weighted by molar-refractivity contribution is 7.80. The molecule has 1 rings (SSSR count). The van der Waals surface area contributed by atoms with Crippen LogP contribution in [0.3, 0.4) is 0 Å². The van der Waals surface area contributed by atoms with Gasteiger partial charge in [0.05, 0.1) is 0 Å². The Morgan fingerprint density at radius 2 is 2.25 bits per heavy atom. The van der Waals surface area contributed by atoms with Crippen molar-refractivity contribution in [3.63, 3.8) is 0 Å². The normalized spacial score (nSPS) is 9.12. The van der Waals surface area contributed by atoms with Crippen molar-refractivity contribution in [2.45, 2.75) is 5.03 Å². The Morgan fingerprint density at radius 1 is 1.50 bits per heavy atom. The van der Waals surface area contributed by atoms with E-state index in [1.807, 2.05) is 36.0 Å². The zero-order chi connectivity index (χ0) is 5.98. The molecule has 1 radical (unpaired) electrons. The zero-order valence-electron chi connectivity index (χ0n) is 4.66. The minimum absolute atomic E-state index is 0.868. The van der Waals surface area contributed by atoms with E-state index in [-0.39, 0.29) is 0 Å². The van der Waals surface area contributed by atoms with Crippen molar-refractivity contribution in [2.75, 3.05) is 0 Å². The van der Waals surface area contributed by atoms with Crippen LogP contribution in [-0.4, -0.2) is 0 Å². The van der Waals surface area contributed by atoms with Crippen molar-refractivity contribution in [3.8, 4) is 0 Å². The van der Waals surface area contributed by atoms with Crippen molar-refractivity contribution < 1.29 is 4.57 Å². The van der Waals surface area contributed by atoms with Crippen LogP contribution in [0, 0.1) is 0 Å². The summed E-state index contributed by atoms with van der Waals surface area (Å²) in [5, 5.41) is 0.868. The predicted octanol–water partition coefficient (Wildman–Crippen LogP) is 1.07. The van der Waals surface area contributed by atoms with Gasteiger partial charge in [-0.05, 0) is 18.7 Å². The van der Waals surface area contributed by atoms with E-state index < -0.39 is 0 Å². The molecule has 0 aromatic carbocycles. The van der Waals surface area contributed by atoms with E-state index in [0.717, 1.165) is 5.03 Å². The van der Waals surface area contributed by atoms with E-state index in [1.165, 1.54) is 0 Å². The highest BCUT2D eigenvalue weighted by Gasteiger charge is 1.94. The maximum Gasteiger partial charge on any atom is 0.271 e. The van der Waals surface area contributed by atoms with Gasteiger partial charge in [-0.25, -0.2) is 0 Å². The second-order valence-electron chi connectivity index (χ2n) is 1.65. The minimum Gasteiger partial charge on any atom is -0.192 e. The summed E-state index contributed by atoms with van der Waals surface area (Å²) >= 11 is 4.92. The van der Waals surface area contributed by atoms with Crippen molar-refractivity contribution in [1.82, 2.24) is 0 Å². The number of nitrogens with zero attached hydrogens (tertiary/aromatic N) is 1. The van der Waals surface area contributed by atoms with Gasteiger partial charge in [-0.2, -0.15) is 4.57 Å². The number of pyridine rings is 1. The van der Waals surface area contributed by atoms with E-state index >= 15 is 0 Å². The summed E-state index contributed by atoms with van der Waals surface area (Å²) in [6.07, 6.45) is 1.93. The van der Waals surface area contributed by atoms with Crippen LogP contribution < -0.4 is 4.57 Å². The molecule has 0 saturated heterocycles. The largest absolute Gasteiger partial charge is 0.271 e. The van der Waals surface area contributed by atoms with Gasteiger partial charge >= 0.3 is 0 Å². The zero-order valence-corrected chi connectivity index (χ0v) is 5.48. The summed E-state index contributed by atoms with van der Waals surface area (Å²) < 4.78 is 1.90. The fraction of sp³-hybridized carbons (Fsp3) is 0.167. The van der Waals surface area contributed by atoms with Crippen molar-refractivity contribution in [2.24, 2.45) is 7.05 Å². The Balaban J connectivity index is 3.13. The van der Waals surface area contributed by atoms with Crippen LogP contribution >= 0.6 is 12.6 Å². The SMILES string of the molecule is C[n+]1ccccc1[S]. The van der Waals surface area contributed by atoms with Gasteiger partial charge in [-0.15, -0.1) is 0 Å². The lowest BCUT2D eigenvalue weighted by Gasteiger charge is -1.84. The number of hydrogen-bond acceptors (Lipinski definition) is 0. The molecule has 0 fully saturated rings. The number of aromatic nitrogens is 1. The monoisotopic (exact) mass is 125 g/mol. The standard InChI is InChI=1S/C6H7NS/c1-7-5-3-2-4-6(7)8/h2-5H,1H3/q+1. The fourth-order valence-corrected chi connectivity index (χ4v) is 0.647. The maximum absolute atomic E-state index is 4.92. The highest BCUT2D eigenvalue weighted by atomic mass is 32.1. The average molecular weight is 125 g/mol. The molecule has 2 heteroatoms. The van der Waals surface area contributed by atoms with Crippen LogP contribution in [0.5, 0.6) is 0 Å². The molecule has 0 spiro atoms. The Kier molecular flexibility index (Phi) is 1.44. The summed E-state index contributed by atoms with van der Waals surface area (Å²) in [5.41, 5.74) is 0. The van der Waals surface area contributed by atoms with Gasteiger partial charge in [-0.1, -0.05) is 0 Å². The molecular formula is C6H7NS+. The number of aryl methyl sites for hydroxylation is 1. The lowest BCUT2D eigenvalue weighted by atomic mass is 10.5. The molecule has 0 atom stereocenters. The Bertz CT molecular complexity index is 165. The molecule has 0 unspecified atom stereocenters. The van der Waals surface area contributed by atoms with Crippen LogP contribution in [0.25, 0.3) is 0 Å². The Hall–Kier alpha value is -0.630. The molecule has 1 aromatic heterocycles. The molecule has 8 heavy (non-hydrogen) atoms. The molecule has 0 N–H and O–H groups in total. The molecule has 0 saturated carbocycles. The van der Waals surface area contributed by atoms with Crippen LogP contribution in [0.4, 0.5) is 0 Å². The van der Waals surface area contributed by atoms with Gasteiger partial charge in [-0.3, -0.25) is 0 Å². The van der Waals surface area contributed by atoms with E-state index in [0.29, 0.717) is 0 Å². The van der Waals surface area contributed by atoms with E-state index in [1.54, 1.807) is 0 Å². The molecule has 1 nitrogen and oxygen atoms in total. The molecule has 1 heterocycles. The predicted molar refractivity (Wildman–Crippen MR) is 33.5 cm³/mol. The smallest absolute Gasteiger partial charge is 0.192 e. The van der Waals surface area contributed by atoms with Crippen molar-refractivity contribution >= 4 is 12.6 Å². The third-order valence-electron chi connectivity index (χ3n) is 1.01. The van der Waals surface area contributed by atoms with Gasteiger partial charge < -0.3 is 0 Å². The van der Waals surface area contributed by atoms with Gasteiger partial charge in [0.1, 0.15) is 7.05 Å². The minimum atomic E-state index is 0.868. The second-order valence-corrected chi connectivity index (χ2v) is 2.07. The first kappa shape index (κ1) is 5.51. The van der Waals surface area contributed by atoms with E-state index in [9.17, 15) is 0 Å². The van der Waals surface area contributed by atoms with Crippen molar-refractivity contribution in [3.05, 3.63) is 24.4 Å². The third kappa shape index (κ3) is 0.954. The maximum atomic E-state index is 4.92. The molecule has 1 aromatic rings. The van der Waals surface area contributed by atoms with Crippen molar-refractivity contribution in [1.29, 1.82) is 0 Å². The molecule has 41 valence electrons. The van der Waals surface area contributed by atoms with E-state index in [2.05, 4.69) is 0 Å². The molecule has 0 aliphatic carbocycles. The summed E-state index contributed by atoms with van der Waals surface area (Å²) in [6, 6.07) is 5.79. The molecule has 0 bridgehead atoms. The fourth-order valence-electron chi connectivity index (χ4n) is 0.508. The van der Waals surface area contributed by atoms with Crippen LogP contribution in [0.1, 0.15) is 0 Å². The van der Waals surface area contributed by atoms with Crippen LogP contribution in [0.15, 0.2) is 29.4 Å². The Morgan fingerprint density at radius 3 is 2.62 bits per heavy atom. The van der Waals surface area contributed by atoms with E-state index in [4.69, 9.17) is 12.6 Å². The van der Waals surface area contributed by atoms with Gasteiger partial charge in [0.15, 0.2) is 6.20 Å². The summed E-state index contributed by atoms with van der Waals surface area (Å²) in [7, 11) is 1.93. The first-order valence-corrected chi connectivity index (χ1v) is 2.83. The summed E-state index contributed by atoms with van der Waals surface area (Å²) in [6.45, 7) is 0. The van der Waals surface area contributed by atoms with Gasteiger partial charge in [0.2, 0.25) is 0 Å². The summed E-state index contributed by atoms with van der Waals surface area (Å²) in [5.74, 6) is 0. The lowest BCUT2D eigenvalue weighted by molar-refractivity contribution is -0.708. The highest BCUT2D eigenvalue weighted by Crippen LogP contribution is 1.92. The lowest BCUT2D eigenvalue weighted by Crippen LogP contribution is -2.28. The average Bonchev–Trinajstić information content (AvgIpc) is 1.77. The summed E-state index contributed by atoms with van der Waals surface area (Å²) in [4.78, 5) is 0. The third-order valence-corrected chi connectivity index (χ3v) is 1.43. The second kappa shape index (κ2) is 2.09. The van der Waals surface area contributed by atoms with Gasteiger partial charge in [0.25, 0.3) is 5.03 Å².